The van der Waals surface area contributed by atoms with Gasteiger partial charge in [-0.1, -0.05) is 0 Å². The third-order valence-electron chi connectivity index (χ3n) is 1.49. The predicted molar refractivity (Wildman–Crippen MR) is 45.6 cm³/mol. The van der Waals surface area contributed by atoms with Gasteiger partial charge in [0.15, 0.2) is 0 Å². The maximum Gasteiger partial charge on any atom is 0.337 e. The molecule has 1 aromatic rings. The lowest BCUT2D eigenvalue weighted by Gasteiger charge is -1.98. The molecule has 0 unspecified atom stereocenters. The van der Waals surface area contributed by atoms with Gasteiger partial charge in [-0.3, -0.25) is 9.78 Å². The summed E-state index contributed by atoms with van der Waals surface area (Å²) in [5.41, 5.74) is 0.742. The molecule has 0 aromatic carbocycles. The van der Waals surface area contributed by atoms with Crippen LogP contribution in [0.1, 0.15) is 22.8 Å². The number of hydrogen-bond acceptors (Lipinski definition) is 3. The zero-order valence-electron chi connectivity index (χ0n) is 7.15. The summed E-state index contributed by atoms with van der Waals surface area (Å²) in [6, 6.07) is 1.46. The minimum Gasteiger partial charge on any atom is -0.478 e. The van der Waals surface area contributed by atoms with E-state index in [4.69, 9.17) is 5.11 Å². The van der Waals surface area contributed by atoms with Crippen LogP contribution in [-0.2, 0) is 11.2 Å². The third-order valence-corrected chi connectivity index (χ3v) is 1.49. The monoisotopic (exact) mass is 179 g/mol. The molecule has 1 aromatic heterocycles. The van der Waals surface area contributed by atoms with Crippen LogP contribution in [0.5, 0.6) is 0 Å². The number of aromatic carboxylic acids is 1. The van der Waals surface area contributed by atoms with Crippen LogP contribution in [0.25, 0.3) is 0 Å². The van der Waals surface area contributed by atoms with Crippen LogP contribution in [0.2, 0.25) is 0 Å². The fourth-order valence-corrected chi connectivity index (χ4v) is 0.989. The molecule has 1 heterocycles. The Morgan fingerprint density at radius 3 is 2.69 bits per heavy atom. The predicted octanol–water partition coefficient (Wildman–Crippen LogP) is 0.911. The summed E-state index contributed by atoms with van der Waals surface area (Å²) in [5, 5.41) is 8.62. The van der Waals surface area contributed by atoms with Crippen LogP contribution in [0.4, 0.5) is 0 Å². The third kappa shape index (κ3) is 2.66. The van der Waals surface area contributed by atoms with Crippen molar-refractivity contribution in [1.29, 1.82) is 0 Å². The molecule has 0 saturated carbocycles. The van der Waals surface area contributed by atoms with Gasteiger partial charge in [0.2, 0.25) is 0 Å². The second-order valence-corrected chi connectivity index (χ2v) is 2.77. The normalized spacial score (nSPS) is 9.62. The lowest BCUT2D eigenvalue weighted by atomic mass is 10.1. The fourth-order valence-electron chi connectivity index (χ4n) is 0.989. The number of pyridine rings is 1. The lowest BCUT2D eigenvalue weighted by molar-refractivity contribution is -0.116. The molecule has 4 heteroatoms. The summed E-state index contributed by atoms with van der Waals surface area (Å²) >= 11 is 0. The Labute approximate surface area is 75.2 Å². The molecule has 0 saturated heterocycles. The van der Waals surface area contributed by atoms with E-state index in [-0.39, 0.29) is 17.8 Å². The van der Waals surface area contributed by atoms with E-state index in [9.17, 15) is 9.59 Å². The first-order chi connectivity index (χ1) is 6.09. The maximum absolute atomic E-state index is 10.7. The van der Waals surface area contributed by atoms with Crippen molar-refractivity contribution >= 4 is 11.8 Å². The van der Waals surface area contributed by atoms with Gasteiger partial charge in [0.05, 0.1) is 5.56 Å². The zero-order chi connectivity index (χ0) is 9.84. The van der Waals surface area contributed by atoms with E-state index >= 15 is 0 Å². The van der Waals surface area contributed by atoms with Crippen molar-refractivity contribution in [3.63, 3.8) is 0 Å². The highest BCUT2D eigenvalue weighted by Gasteiger charge is 2.04. The SMILES string of the molecule is CC(=O)Cc1cncc(C(=O)O)c1. The molecule has 0 aliphatic heterocycles. The number of carboxylic acid groups (broad SMARTS) is 1. The molecule has 1 rings (SSSR count). The summed E-state index contributed by atoms with van der Waals surface area (Å²) in [6.07, 6.45) is 2.98. The van der Waals surface area contributed by atoms with Crippen molar-refractivity contribution < 1.29 is 14.7 Å². The summed E-state index contributed by atoms with van der Waals surface area (Å²) in [7, 11) is 0. The Kier molecular flexibility index (Phi) is 2.74. The topological polar surface area (TPSA) is 67.3 Å². The van der Waals surface area contributed by atoms with Gasteiger partial charge in [-0.2, -0.15) is 0 Å². The Balaban J connectivity index is 2.91. The summed E-state index contributed by atoms with van der Waals surface area (Å²) in [5.74, 6) is -1.04. The Hall–Kier alpha value is -1.71. The molecule has 1 N–H and O–H groups in total. The molecule has 0 aliphatic carbocycles. The molecule has 0 bridgehead atoms. The van der Waals surface area contributed by atoms with Gasteiger partial charge in [0.1, 0.15) is 5.78 Å². The fraction of sp³-hybridized carbons (Fsp3) is 0.222. The number of ketones is 1. The highest BCUT2D eigenvalue weighted by atomic mass is 16.4. The van der Waals surface area contributed by atoms with Gasteiger partial charge in [-0.25, -0.2) is 4.79 Å². The van der Waals surface area contributed by atoms with E-state index in [0.29, 0.717) is 5.56 Å². The van der Waals surface area contributed by atoms with Crippen molar-refractivity contribution in [3.05, 3.63) is 29.6 Å². The molecule has 0 radical (unpaired) electrons. The van der Waals surface area contributed by atoms with Crippen LogP contribution in [0.15, 0.2) is 18.5 Å². The van der Waals surface area contributed by atoms with Crippen LogP contribution in [0, 0.1) is 0 Å². The van der Waals surface area contributed by atoms with Crippen molar-refractivity contribution in [2.45, 2.75) is 13.3 Å². The molecule has 0 atom stereocenters. The minimum atomic E-state index is -1.03. The molecule has 13 heavy (non-hydrogen) atoms. The van der Waals surface area contributed by atoms with Crippen LogP contribution in [0.3, 0.4) is 0 Å². The van der Waals surface area contributed by atoms with Gasteiger partial charge in [0, 0.05) is 18.8 Å². The van der Waals surface area contributed by atoms with E-state index in [2.05, 4.69) is 4.98 Å². The lowest BCUT2D eigenvalue weighted by Crippen LogP contribution is -2.01. The molecular formula is C9H9NO3. The standard InChI is InChI=1S/C9H9NO3/c1-6(11)2-7-3-8(9(12)13)5-10-4-7/h3-5H,2H2,1H3,(H,12,13). The van der Waals surface area contributed by atoms with Crippen molar-refractivity contribution in [2.75, 3.05) is 0 Å². The highest BCUT2D eigenvalue weighted by molar-refractivity contribution is 5.87. The number of carbonyl (C=O) groups excluding carboxylic acids is 1. The second kappa shape index (κ2) is 3.80. The average Bonchev–Trinajstić information content (AvgIpc) is 2.03. The van der Waals surface area contributed by atoms with E-state index in [1.807, 2.05) is 0 Å². The number of Topliss-reactive ketones (excluding diaryl/α,β-unsaturated/α-hetero) is 1. The van der Waals surface area contributed by atoms with Crippen LogP contribution in [-0.4, -0.2) is 21.8 Å². The smallest absolute Gasteiger partial charge is 0.337 e. The molecule has 0 spiro atoms. The van der Waals surface area contributed by atoms with Gasteiger partial charge in [0.25, 0.3) is 0 Å². The first-order valence-electron chi connectivity index (χ1n) is 3.76. The number of carbonyl (C=O) groups is 2. The Morgan fingerprint density at radius 1 is 1.46 bits per heavy atom. The first kappa shape index (κ1) is 9.38. The Morgan fingerprint density at radius 2 is 2.15 bits per heavy atom. The number of aromatic nitrogens is 1. The van der Waals surface area contributed by atoms with Crippen LogP contribution < -0.4 is 0 Å². The second-order valence-electron chi connectivity index (χ2n) is 2.77. The van der Waals surface area contributed by atoms with E-state index in [1.54, 1.807) is 0 Å². The number of rotatable bonds is 3. The Bertz CT molecular complexity index is 346. The molecule has 0 aliphatic rings. The minimum absolute atomic E-state index is 0.00987. The highest BCUT2D eigenvalue weighted by Crippen LogP contribution is 2.03. The average molecular weight is 179 g/mol. The number of nitrogens with zero attached hydrogens (tertiary/aromatic N) is 1. The molecule has 68 valence electrons. The van der Waals surface area contributed by atoms with Gasteiger partial charge in [-0.15, -0.1) is 0 Å². The molecular weight excluding hydrogens is 170 g/mol. The van der Waals surface area contributed by atoms with Gasteiger partial charge < -0.3 is 5.11 Å². The number of carboxylic acids is 1. The quantitative estimate of drug-likeness (QED) is 0.748. The number of hydrogen-bond donors (Lipinski definition) is 1. The molecule has 4 nitrogen and oxygen atoms in total. The summed E-state index contributed by atoms with van der Waals surface area (Å²) in [6.45, 7) is 1.45. The van der Waals surface area contributed by atoms with Gasteiger partial charge >= 0.3 is 5.97 Å². The summed E-state index contributed by atoms with van der Waals surface area (Å²) in [4.78, 5) is 25.0. The maximum atomic E-state index is 10.7. The van der Waals surface area contributed by atoms with Crippen molar-refractivity contribution in [1.82, 2.24) is 4.98 Å². The van der Waals surface area contributed by atoms with Crippen LogP contribution >= 0.6 is 0 Å². The van der Waals surface area contributed by atoms with Gasteiger partial charge in [-0.05, 0) is 18.6 Å². The zero-order valence-corrected chi connectivity index (χ0v) is 7.15. The largest absolute Gasteiger partial charge is 0.478 e. The van der Waals surface area contributed by atoms with E-state index in [0.717, 1.165) is 0 Å². The van der Waals surface area contributed by atoms with E-state index < -0.39 is 5.97 Å². The van der Waals surface area contributed by atoms with Crippen molar-refractivity contribution in [2.24, 2.45) is 0 Å². The van der Waals surface area contributed by atoms with Crippen molar-refractivity contribution in [3.8, 4) is 0 Å². The van der Waals surface area contributed by atoms with E-state index in [1.165, 1.54) is 25.4 Å². The first-order valence-corrected chi connectivity index (χ1v) is 3.76. The molecule has 0 fully saturated rings. The summed E-state index contributed by atoms with van der Waals surface area (Å²) < 4.78 is 0. The molecule has 0 amide bonds.